The van der Waals surface area contributed by atoms with Crippen LogP contribution in [-0.2, 0) is 6.54 Å². The van der Waals surface area contributed by atoms with E-state index in [4.69, 9.17) is 9.72 Å². The molecule has 0 bridgehead atoms. The fourth-order valence-electron chi connectivity index (χ4n) is 6.29. The van der Waals surface area contributed by atoms with Gasteiger partial charge in [-0.2, -0.15) is 4.98 Å². The first-order chi connectivity index (χ1) is 21.5. The lowest BCUT2D eigenvalue weighted by Crippen LogP contribution is -2.25. The Hall–Kier alpha value is -4.35. The largest absolute Gasteiger partial charge is 0.489 e. The van der Waals surface area contributed by atoms with Crippen molar-refractivity contribution in [1.29, 1.82) is 0 Å². The monoisotopic (exact) mass is 590 g/mol. The average Bonchev–Trinajstić information content (AvgIpc) is 3.73. The fraction of sp³-hybridized carbons (Fsp3) is 0.417. The van der Waals surface area contributed by atoms with Crippen LogP contribution in [0, 0.1) is 12.0 Å². The second-order valence-corrected chi connectivity index (χ2v) is 12.0. The van der Waals surface area contributed by atoms with Gasteiger partial charge in [-0.15, -0.1) is 0 Å². The SMILES string of the molecule is CCN(C#Cc1cc2cnc(Nc3ccc(OC4CCN(C)C4)cc3)nc2n(Cc2cccc(C3CCCC3)c2)c1=O)CC. The summed E-state index contributed by atoms with van der Waals surface area (Å²) in [4.78, 5) is 27.7. The van der Waals surface area contributed by atoms with Crippen LogP contribution in [0.15, 0.2) is 65.6 Å². The van der Waals surface area contributed by atoms with E-state index >= 15 is 0 Å². The first kappa shape index (κ1) is 29.7. The van der Waals surface area contributed by atoms with Crippen molar-refractivity contribution in [3.8, 4) is 17.7 Å². The molecule has 0 radical (unpaired) electrons. The maximum absolute atomic E-state index is 13.9. The highest BCUT2D eigenvalue weighted by atomic mass is 16.5. The summed E-state index contributed by atoms with van der Waals surface area (Å²) in [5, 5.41) is 4.09. The molecule has 1 N–H and O–H groups in total. The molecule has 2 fully saturated rings. The van der Waals surface area contributed by atoms with Gasteiger partial charge in [-0.3, -0.25) is 9.36 Å². The van der Waals surface area contributed by atoms with E-state index in [9.17, 15) is 4.79 Å². The number of fused-ring (bicyclic) bond motifs is 1. The highest BCUT2D eigenvalue weighted by Crippen LogP contribution is 2.34. The van der Waals surface area contributed by atoms with Crippen molar-refractivity contribution < 1.29 is 4.74 Å². The van der Waals surface area contributed by atoms with Crippen molar-refractivity contribution in [3.63, 3.8) is 0 Å². The normalized spacial score (nSPS) is 17.0. The Balaban J connectivity index is 1.31. The van der Waals surface area contributed by atoms with E-state index in [2.05, 4.69) is 72.3 Å². The lowest BCUT2D eigenvalue weighted by atomic mass is 9.96. The van der Waals surface area contributed by atoms with E-state index in [0.717, 1.165) is 55.0 Å². The third-order valence-corrected chi connectivity index (χ3v) is 8.82. The summed E-state index contributed by atoms with van der Waals surface area (Å²) in [5.41, 5.74) is 4.18. The van der Waals surface area contributed by atoms with Crippen LogP contribution in [0.5, 0.6) is 5.75 Å². The van der Waals surface area contributed by atoms with Gasteiger partial charge in [-0.25, -0.2) is 4.98 Å². The maximum atomic E-state index is 13.9. The number of hydrogen-bond donors (Lipinski definition) is 1. The molecule has 3 heterocycles. The molecule has 1 atom stereocenters. The van der Waals surface area contributed by atoms with E-state index in [-0.39, 0.29) is 11.7 Å². The lowest BCUT2D eigenvalue weighted by Gasteiger charge is -2.15. The Kier molecular flexibility index (Phi) is 9.13. The molecule has 1 aliphatic carbocycles. The van der Waals surface area contributed by atoms with Crippen molar-refractivity contribution in [3.05, 3.63) is 87.8 Å². The minimum absolute atomic E-state index is 0.146. The molecular formula is C36H42N6O2. The third kappa shape index (κ3) is 6.89. The van der Waals surface area contributed by atoms with Crippen molar-refractivity contribution in [1.82, 2.24) is 24.3 Å². The number of hydrogen-bond acceptors (Lipinski definition) is 7. The molecule has 1 aliphatic heterocycles. The van der Waals surface area contributed by atoms with Gasteiger partial charge >= 0.3 is 0 Å². The first-order valence-electron chi connectivity index (χ1n) is 16.0. The molecule has 0 amide bonds. The summed E-state index contributed by atoms with van der Waals surface area (Å²) in [6.45, 7) is 8.13. The molecule has 1 saturated heterocycles. The summed E-state index contributed by atoms with van der Waals surface area (Å²) in [5.74, 6) is 5.01. The summed E-state index contributed by atoms with van der Waals surface area (Å²) >= 11 is 0. The predicted octanol–water partition coefficient (Wildman–Crippen LogP) is 5.97. The number of pyridine rings is 1. The zero-order chi connectivity index (χ0) is 30.5. The van der Waals surface area contributed by atoms with Gasteiger partial charge in [0, 0.05) is 49.5 Å². The van der Waals surface area contributed by atoms with Gasteiger partial charge < -0.3 is 19.9 Å². The van der Waals surface area contributed by atoms with Crippen LogP contribution in [0.4, 0.5) is 11.6 Å². The van der Waals surface area contributed by atoms with Crippen LogP contribution in [0.25, 0.3) is 11.0 Å². The van der Waals surface area contributed by atoms with Gasteiger partial charge in [0.05, 0.1) is 12.1 Å². The first-order valence-corrected chi connectivity index (χ1v) is 16.0. The quantitative estimate of drug-likeness (QED) is 0.190. The molecule has 8 nitrogen and oxygen atoms in total. The summed E-state index contributed by atoms with van der Waals surface area (Å²) in [6.07, 6.45) is 8.06. The molecule has 2 aromatic carbocycles. The summed E-state index contributed by atoms with van der Waals surface area (Å²) < 4.78 is 7.89. The van der Waals surface area contributed by atoms with E-state index < -0.39 is 0 Å². The number of nitrogens with one attached hydrogen (secondary N) is 1. The van der Waals surface area contributed by atoms with Crippen molar-refractivity contribution in [2.24, 2.45) is 0 Å². The van der Waals surface area contributed by atoms with Gasteiger partial charge in [-0.1, -0.05) is 37.1 Å². The second kappa shape index (κ2) is 13.5. The van der Waals surface area contributed by atoms with Gasteiger partial charge in [0.15, 0.2) is 0 Å². The maximum Gasteiger partial charge on any atom is 0.268 e. The molecule has 2 aliphatic rings. The van der Waals surface area contributed by atoms with Gasteiger partial charge in [0.2, 0.25) is 5.95 Å². The Labute approximate surface area is 260 Å². The van der Waals surface area contributed by atoms with Crippen LogP contribution >= 0.6 is 0 Å². The average molecular weight is 591 g/mol. The molecule has 44 heavy (non-hydrogen) atoms. The summed E-state index contributed by atoms with van der Waals surface area (Å²) in [7, 11) is 2.12. The number of nitrogens with zero attached hydrogens (tertiary/aromatic N) is 5. The van der Waals surface area contributed by atoms with Gasteiger partial charge in [0.25, 0.3) is 5.56 Å². The predicted molar refractivity (Wildman–Crippen MR) is 177 cm³/mol. The fourth-order valence-corrected chi connectivity index (χ4v) is 6.29. The molecule has 1 unspecified atom stereocenters. The van der Waals surface area contributed by atoms with Gasteiger partial charge in [-0.05, 0) is 93.5 Å². The Bertz CT molecular complexity index is 1710. The zero-order valence-corrected chi connectivity index (χ0v) is 26.1. The van der Waals surface area contributed by atoms with E-state index in [1.165, 1.54) is 31.2 Å². The molecule has 228 valence electrons. The Morgan fingerprint density at radius 2 is 1.84 bits per heavy atom. The number of anilines is 2. The number of benzene rings is 2. The van der Waals surface area contributed by atoms with Crippen LogP contribution < -0.4 is 15.6 Å². The van der Waals surface area contributed by atoms with Gasteiger partial charge in [0.1, 0.15) is 17.5 Å². The lowest BCUT2D eigenvalue weighted by molar-refractivity contribution is 0.208. The standard InChI is InChI=1S/C36H42N6O2/c1-4-41(5-2)20-17-29-22-30-23-37-36(38-31-13-15-32(16-14-31)44-33-18-19-40(3)25-33)39-34(30)42(35(29)43)24-26-9-8-12-28(21-26)27-10-6-7-11-27/h8-9,12-16,21-23,27,33H,4-7,10-11,18-19,24-25H2,1-3H3,(H,37,38,39). The van der Waals surface area contributed by atoms with E-state index in [1.54, 1.807) is 10.8 Å². The topological polar surface area (TPSA) is 75.5 Å². The smallest absolute Gasteiger partial charge is 0.268 e. The molecule has 0 spiro atoms. The Morgan fingerprint density at radius 1 is 1.05 bits per heavy atom. The second-order valence-electron chi connectivity index (χ2n) is 12.0. The number of likely N-dealkylation sites (N-methyl/N-ethyl adjacent to an activating group) is 1. The third-order valence-electron chi connectivity index (χ3n) is 8.82. The highest BCUT2D eigenvalue weighted by Gasteiger charge is 2.21. The van der Waals surface area contributed by atoms with Crippen LogP contribution in [0.1, 0.15) is 68.6 Å². The van der Waals surface area contributed by atoms with E-state index in [1.807, 2.05) is 35.2 Å². The Morgan fingerprint density at radius 3 is 2.57 bits per heavy atom. The molecule has 1 saturated carbocycles. The van der Waals surface area contributed by atoms with E-state index in [0.29, 0.717) is 29.6 Å². The minimum atomic E-state index is -0.146. The molecule has 2 aromatic heterocycles. The van der Waals surface area contributed by atoms with Crippen LogP contribution in [0.2, 0.25) is 0 Å². The number of rotatable bonds is 9. The number of likely N-dealkylation sites (tertiary alicyclic amines) is 1. The molecule has 8 heteroatoms. The summed E-state index contributed by atoms with van der Waals surface area (Å²) in [6, 6.07) is 21.5. The minimum Gasteiger partial charge on any atom is -0.489 e. The van der Waals surface area contributed by atoms with Crippen molar-refractivity contribution in [2.45, 2.75) is 64.5 Å². The molecular weight excluding hydrogens is 548 g/mol. The van der Waals surface area contributed by atoms with Crippen LogP contribution in [-0.4, -0.2) is 63.7 Å². The van der Waals surface area contributed by atoms with Crippen molar-refractivity contribution in [2.75, 3.05) is 38.5 Å². The zero-order valence-electron chi connectivity index (χ0n) is 26.1. The molecule has 6 rings (SSSR count). The number of aromatic nitrogens is 3. The van der Waals surface area contributed by atoms with Crippen molar-refractivity contribution >= 4 is 22.7 Å². The molecule has 4 aromatic rings. The number of ether oxygens (including phenoxy) is 1. The highest BCUT2D eigenvalue weighted by molar-refractivity contribution is 5.77. The van der Waals surface area contributed by atoms with Crippen LogP contribution in [0.3, 0.4) is 0 Å².